The second-order valence-corrected chi connectivity index (χ2v) is 12.2. The Labute approximate surface area is 244 Å². The predicted octanol–water partition coefficient (Wildman–Crippen LogP) is 5.58. The Morgan fingerprint density at radius 2 is 1.56 bits per heavy atom. The van der Waals surface area contributed by atoms with Crippen molar-refractivity contribution in [2.75, 3.05) is 23.7 Å². The number of carbonyl (C=O) groups is 2. The summed E-state index contributed by atoms with van der Waals surface area (Å²) in [5.41, 5.74) is 1.64. The van der Waals surface area contributed by atoms with Crippen LogP contribution >= 0.6 is 34.8 Å². The van der Waals surface area contributed by atoms with E-state index in [1.165, 1.54) is 23.1 Å². The zero-order valence-corrected chi connectivity index (χ0v) is 24.7. The third kappa shape index (κ3) is 8.86. The third-order valence-corrected chi connectivity index (χ3v) is 7.82. The zero-order valence-electron chi connectivity index (χ0n) is 21.6. The molecule has 0 radical (unpaired) electrons. The highest BCUT2D eigenvalue weighted by atomic mass is 35.5. The molecule has 0 spiro atoms. The van der Waals surface area contributed by atoms with Crippen molar-refractivity contribution < 1.29 is 18.0 Å². The maximum atomic E-state index is 14.0. The van der Waals surface area contributed by atoms with Gasteiger partial charge in [-0.2, -0.15) is 0 Å². The van der Waals surface area contributed by atoms with Gasteiger partial charge in [0.05, 0.1) is 17.0 Å². The quantitative estimate of drug-likeness (QED) is 0.290. The van der Waals surface area contributed by atoms with E-state index in [0.717, 1.165) is 16.1 Å². The lowest BCUT2D eigenvalue weighted by Crippen LogP contribution is -2.53. The number of carbonyl (C=O) groups excluding carboxylic acids is 2. The molecule has 3 rings (SSSR count). The van der Waals surface area contributed by atoms with Crippen molar-refractivity contribution in [3.8, 4) is 0 Å². The number of nitrogens with zero attached hydrogens (tertiary/aromatic N) is 2. The summed E-state index contributed by atoms with van der Waals surface area (Å²) < 4.78 is 26.6. The molecule has 0 aliphatic heterocycles. The highest BCUT2D eigenvalue weighted by Crippen LogP contribution is 2.30. The fourth-order valence-corrected chi connectivity index (χ4v) is 5.67. The lowest BCUT2D eigenvalue weighted by Gasteiger charge is -2.33. The van der Waals surface area contributed by atoms with E-state index in [1.54, 1.807) is 24.3 Å². The van der Waals surface area contributed by atoms with Crippen molar-refractivity contribution in [3.05, 3.63) is 99.0 Å². The summed E-state index contributed by atoms with van der Waals surface area (Å²) >= 11 is 18.5. The van der Waals surface area contributed by atoms with Crippen LogP contribution in [0.25, 0.3) is 0 Å². The molecule has 11 heteroatoms. The number of sulfonamides is 1. The number of hydrogen-bond acceptors (Lipinski definition) is 4. The maximum Gasteiger partial charge on any atom is 0.244 e. The summed E-state index contributed by atoms with van der Waals surface area (Å²) in [4.78, 5) is 28.8. The molecule has 208 valence electrons. The Kier molecular flexibility index (Phi) is 11.1. The van der Waals surface area contributed by atoms with Crippen LogP contribution in [0.3, 0.4) is 0 Å². The Bertz CT molecular complexity index is 1400. The summed E-state index contributed by atoms with van der Waals surface area (Å²) in [6.45, 7) is 1.82. The van der Waals surface area contributed by atoms with Gasteiger partial charge in [-0.05, 0) is 47.9 Å². The highest BCUT2D eigenvalue weighted by molar-refractivity contribution is 7.92. The summed E-state index contributed by atoms with van der Waals surface area (Å²) in [6, 6.07) is 19.7. The second-order valence-electron chi connectivity index (χ2n) is 9.01. The molecule has 1 N–H and O–H groups in total. The predicted molar refractivity (Wildman–Crippen MR) is 158 cm³/mol. The molecule has 0 aliphatic carbocycles. The lowest BCUT2D eigenvalue weighted by atomic mass is 10.0. The normalized spacial score (nSPS) is 12.0. The molecule has 1 atom stereocenters. The van der Waals surface area contributed by atoms with E-state index in [4.69, 9.17) is 34.8 Å². The van der Waals surface area contributed by atoms with Crippen LogP contribution in [-0.4, -0.2) is 50.5 Å². The summed E-state index contributed by atoms with van der Waals surface area (Å²) in [7, 11) is -3.94. The molecular formula is C28H30Cl3N3O4S. The van der Waals surface area contributed by atoms with Crippen molar-refractivity contribution in [1.29, 1.82) is 0 Å². The molecule has 2 amide bonds. The van der Waals surface area contributed by atoms with E-state index < -0.39 is 28.5 Å². The SMILES string of the molecule is CCCNC(=O)C(Cc1ccccc1)N(Cc1cccc(Cl)c1)C(=O)CN(c1ccc(Cl)cc1Cl)S(C)(=O)=O. The number of hydrogen-bond donors (Lipinski definition) is 1. The molecule has 0 fully saturated rings. The topological polar surface area (TPSA) is 86.8 Å². The first-order chi connectivity index (χ1) is 18.5. The van der Waals surface area contributed by atoms with Gasteiger partial charge in [0.1, 0.15) is 12.6 Å². The molecule has 3 aromatic rings. The van der Waals surface area contributed by atoms with Crippen molar-refractivity contribution in [2.24, 2.45) is 0 Å². The van der Waals surface area contributed by atoms with Gasteiger partial charge in [-0.15, -0.1) is 0 Å². The summed E-state index contributed by atoms with van der Waals surface area (Å²) in [6.07, 6.45) is 1.92. The average molecular weight is 611 g/mol. The molecule has 0 heterocycles. The Morgan fingerprint density at radius 1 is 0.897 bits per heavy atom. The number of anilines is 1. The summed E-state index contributed by atoms with van der Waals surface area (Å²) in [5.74, 6) is -0.925. The van der Waals surface area contributed by atoms with Gasteiger partial charge < -0.3 is 10.2 Å². The van der Waals surface area contributed by atoms with E-state index in [0.29, 0.717) is 28.6 Å². The molecule has 39 heavy (non-hydrogen) atoms. The zero-order chi connectivity index (χ0) is 28.6. The molecule has 0 saturated heterocycles. The minimum Gasteiger partial charge on any atom is -0.354 e. The maximum absolute atomic E-state index is 14.0. The molecule has 0 aliphatic rings. The minimum absolute atomic E-state index is 0.0301. The van der Waals surface area contributed by atoms with Gasteiger partial charge in [0.15, 0.2) is 0 Å². The van der Waals surface area contributed by atoms with E-state index >= 15 is 0 Å². The van der Waals surface area contributed by atoms with Gasteiger partial charge in [-0.1, -0.05) is 84.2 Å². The first kappa shape index (κ1) is 30.8. The van der Waals surface area contributed by atoms with E-state index in [-0.39, 0.29) is 29.6 Å². The van der Waals surface area contributed by atoms with Crippen molar-refractivity contribution in [3.63, 3.8) is 0 Å². The van der Waals surface area contributed by atoms with E-state index in [1.807, 2.05) is 37.3 Å². The Balaban J connectivity index is 2.06. The molecule has 0 saturated carbocycles. The van der Waals surface area contributed by atoms with Crippen LogP contribution in [0, 0.1) is 0 Å². The minimum atomic E-state index is -3.94. The smallest absolute Gasteiger partial charge is 0.244 e. The fourth-order valence-electron chi connectivity index (χ4n) is 4.03. The third-order valence-electron chi connectivity index (χ3n) is 5.92. The molecule has 0 aromatic heterocycles. The number of benzene rings is 3. The second kappa shape index (κ2) is 14.0. The molecule has 0 bridgehead atoms. The van der Waals surface area contributed by atoms with Crippen molar-refractivity contribution in [1.82, 2.24) is 10.2 Å². The molecular weight excluding hydrogens is 581 g/mol. The largest absolute Gasteiger partial charge is 0.354 e. The summed E-state index contributed by atoms with van der Waals surface area (Å²) in [5, 5.41) is 3.76. The van der Waals surface area contributed by atoms with Gasteiger partial charge in [-0.25, -0.2) is 8.42 Å². The van der Waals surface area contributed by atoms with Crippen LogP contribution < -0.4 is 9.62 Å². The Morgan fingerprint density at radius 3 is 2.18 bits per heavy atom. The first-order valence-electron chi connectivity index (χ1n) is 12.3. The highest BCUT2D eigenvalue weighted by Gasteiger charge is 2.33. The number of rotatable bonds is 12. The van der Waals surface area contributed by atoms with Crippen LogP contribution in [0.5, 0.6) is 0 Å². The van der Waals surface area contributed by atoms with Crippen molar-refractivity contribution in [2.45, 2.75) is 32.4 Å². The average Bonchev–Trinajstić information content (AvgIpc) is 2.88. The van der Waals surface area contributed by atoms with Gasteiger partial charge in [0, 0.05) is 29.6 Å². The number of halogens is 3. The van der Waals surface area contributed by atoms with Crippen LogP contribution in [0.4, 0.5) is 5.69 Å². The lowest BCUT2D eigenvalue weighted by molar-refractivity contribution is -0.140. The van der Waals surface area contributed by atoms with Crippen LogP contribution in [0.2, 0.25) is 15.1 Å². The van der Waals surface area contributed by atoms with Gasteiger partial charge in [0.25, 0.3) is 0 Å². The number of amides is 2. The van der Waals surface area contributed by atoms with Gasteiger partial charge >= 0.3 is 0 Å². The molecule has 1 unspecified atom stereocenters. The molecule has 3 aromatic carbocycles. The van der Waals surface area contributed by atoms with Gasteiger partial charge in [-0.3, -0.25) is 13.9 Å². The number of nitrogens with one attached hydrogen (secondary N) is 1. The van der Waals surface area contributed by atoms with Crippen molar-refractivity contribution >= 4 is 62.3 Å². The van der Waals surface area contributed by atoms with Gasteiger partial charge in [0.2, 0.25) is 21.8 Å². The standard InChI is InChI=1S/C28H30Cl3N3O4S/c1-3-14-32-28(36)26(16-20-8-5-4-6-9-20)33(18-21-10-7-11-22(29)15-21)27(35)19-34(39(2,37)38)25-13-12-23(30)17-24(25)31/h4-13,15,17,26H,3,14,16,18-19H2,1-2H3,(H,32,36). The van der Waals surface area contributed by atoms with Crippen LogP contribution in [-0.2, 0) is 32.6 Å². The van der Waals surface area contributed by atoms with E-state index in [2.05, 4.69) is 5.32 Å². The van der Waals surface area contributed by atoms with Crippen LogP contribution in [0.15, 0.2) is 72.8 Å². The Hall–Kier alpha value is -2.78. The van der Waals surface area contributed by atoms with Crippen LogP contribution in [0.1, 0.15) is 24.5 Å². The fraction of sp³-hybridized carbons (Fsp3) is 0.286. The van der Waals surface area contributed by atoms with E-state index in [9.17, 15) is 18.0 Å². The molecule has 7 nitrogen and oxygen atoms in total. The monoisotopic (exact) mass is 609 g/mol. The first-order valence-corrected chi connectivity index (χ1v) is 15.3.